The van der Waals surface area contributed by atoms with E-state index in [0.717, 1.165) is 13.2 Å². The lowest BCUT2D eigenvalue weighted by Gasteiger charge is -2.39. The Hall–Kier alpha value is -3.08. The second-order valence-corrected chi connectivity index (χ2v) is 10.4. The maximum absolute atomic E-state index is 8.83. The summed E-state index contributed by atoms with van der Waals surface area (Å²) in [5, 5.41) is 8.52. The Kier molecular flexibility index (Phi) is 7.82. The maximum atomic E-state index is 8.83. The van der Waals surface area contributed by atoms with Gasteiger partial charge < -0.3 is 28.7 Å². The molecule has 196 valence electrons. The lowest BCUT2D eigenvalue weighted by atomic mass is 9.76. The minimum atomic E-state index is -2.88. The molecule has 5 rings (SSSR count). The molecule has 0 spiro atoms. The van der Waals surface area contributed by atoms with Gasteiger partial charge in [0.1, 0.15) is 7.05 Å². The van der Waals surface area contributed by atoms with E-state index in [-0.39, 0.29) is 5.41 Å². The highest BCUT2D eigenvalue weighted by atomic mass is 32.2. The van der Waals surface area contributed by atoms with E-state index in [2.05, 4.69) is 133 Å². The van der Waals surface area contributed by atoms with Crippen LogP contribution in [0, 0.1) is 0 Å². The predicted molar refractivity (Wildman–Crippen MR) is 142 cm³/mol. The zero-order valence-corrected chi connectivity index (χ0v) is 22.5. The summed E-state index contributed by atoms with van der Waals surface area (Å²) >= 11 is -2.88. The fourth-order valence-electron chi connectivity index (χ4n) is 5.24. The van der Waals surface area contributed by atoms with Crippen molar-refractivity contribution in [3.63, 3.8) is 0 Å². The Labute approximate surface area is 220 Å². The van der Waals surface area contributed by atoms with E-state index in [1.54, 1.807) is 0 Å². The highest BCUT2D eigenvalue weighted by Gasteiger charge is 2.59. The Bertz CT molecular complexity index is 1310. The summed E-state index contributed by atoms with van der Waals surface area (Å²) in [6.45, 7) is 6.26. The fraction of sp³-hybridized carbons (Fsp3) is 0.321. The van der Waals surface area contributed by atoms with E-state index in [0.29, 0.717) is 0 Å². The average Bonchev–Trinajstić information content (AvgIpc) is 3.40. The Morgan fingerprint density at radius 1 is 1.14 bits per heavy atom. The van der Waals surface area contributed by atoms with Crippen LogP contribution in [-0.2, 0) is 32.9 Å². The second-order valence-electron chi connectivity index (χ2n) is 9.84. The van der Waals surface area contributed by atoms with Gasteiger partial charge in [0.2, 0.25) is 5.69 Å². The molecule has 1 aromatic heterocycles. The minimum absolute atomic E-state index is 0.192. The molecule has 1 fully saturated rings. The number of hydrogen-bond acceptors (Lipinski definition) is 7. The van der Waals surface area contributed by atoms with E-state index in [4.69, 9.17) is 18.8 Å². The first-order valence-corrected chi connectivity index (χ1v) is 13.0. The third-order valence-corrected chi connectivity index (χ3v) is 7.32. The first kappa shape index (κ1) is 27.0. The Balaban J connectivity index is 0.000000586. The summed E-state index contributed by atoms with van der Waals surface area (Å²) < 4.78 is 28.8. The standard InChI is InChI=1S/C28H32N3O.H2O4S/c1-27(2)24-20-22(25-8-6-7-17-30(25)5)11-14-26(24)31-18-19-32-28(27,31)16-15-21-9-12-23(13-10-21)29(3)4;1-4-5(2)3/h6-17,20H,18-19H2,1-5H3;1H,(H,2,3)/q+1;/p-2. The number of aryl methyl sites for hydroxylation is 1. The number of ether oxygens (including phenoxy) is 1. The number of aromatic nitrogens is 1. The van der Waals surface area contributed by atoms with Gasteiger partial charge in [0.25, 0.3) is 0 Å². The molecule has 9 heteroatoms. The molecule has 2 atom stereocenters. The molecule has 0 saturated carbocycles. The number of rotatable bonds is 5. The van der Waals surface area contributed by atoms with E-state index in [1.807, 2.05) is 0 Å². The Morgan fingerprint density at radius 3 is 2.46 bits per heavy atom. The summed E-state index contributed by atoms with van der Waals surface area (Å²) in [6.07, 6.45) is 6.58. The molecule has 0 amide bonds. The SMILES string of the molecule is CN(C)c1ccc(C=CC23OCCN2c2ccc(-c4cccc[n+]4C)cc2C3(C)C)cc1.O=S([O-])O[O-]. The van der Waals surface area contributed by atoms with Gasteiger partial charge >= 0.3 is 0 Å². The molecule has 37 heavy (non-hydrogen) atoms. The van der Waals surface area contributed by atoms with Crippen molar-refractivity contribution in [1.29, 1.82) is 0 Å². The van der Waals surface area contributed by atoms with Gasteiger partial charge in [-0.3, -0.25) is 0 Å². The largest absolute Gasteiger partial charge is 0.750 e. The minimum Gasteiger partial charge on any atom is -0.750 e. The van der Waals surface area contributed by atoms with E-state index in [1.165, 1.54) is 33.8 Å². The number of fused-ring (bicyclic) bond motifs is 3. The van der Waals surface area contributed by atoms with E-state index in [9.17, 15) is 0 Å². The van der Waals surface area contributed by atoms with Crippen LogP contribution in [0.25, 0.3) is 17.3 Å². The van der Waals surface area contributed by atoms with Crippen LogP contribution in [0.2, 0.25) is 0 Å². The van der Waals surface area contributed by atoms with Crippen LogP contribution < -0.4 is 19.6 Å². The molecule has 2 aliphatic heterocycles. The average molecular weight is 523 g/mol. The van der Waals surface area contributed by atoms with E-state index < -0.39 is 17.1 Å². The van der Waals surface area contributed by atoms with Crippen LogP contribution >= 0.6 is 0 Å². The zero-order valence-electron chi connectivity index (χ0n) is 21.7. The summed E-state index contributed by atoms with van der Waals surface area (Å²) in [7, 11) is 6.23. The van der Waals surface area contributed by atoms with Gasteiger partial charge in [0.05, 0.1) is 18.0 Å². The number of nitrogens with zero attached hydrogens (tertiary/aromatic N) is 3. The lowest BCUT2D eigenvalue weighted by Crippen LogP contribution is -2.51. The maximum Gasteiger partial charge on any atom is 0.212 e. The van der Waals surface area contributed by atoms with Crippen LogP contribution in [0.1, 0.15) is 25.0 Å². The van der Waals surface area contributed by atoms with Gasteiger partial charge in [-0.1, -0.05) is 32.1 Å². The van der Waals surface area contributed by atoms with Crippen molar-refractivity contribution in [3.8, 4) is 11.3 Å². The molecule has 2 aliphatic rings. The Morgan fingerprint density at radius 2 is 1.84 bits per heavy atom. The summed E-state index contributed by atoms with van der Waals surface area (Å²) in [6, 6.07) is 21.9. The molecular formula is C28H32N3O5S-. The monoisotopic (exact) mass is 522 g/mol. The lowest BCUT2D eigenvalue weighted by molar-refractivity contribution is -0.660. The molecule has 2 aromatic carbocycles. The normalized spacial score (nSPS) is 20.2. The van der Waals surface area contributed by atoms with Crippen LogP contribution in [0.15, 0.2) is 72.9 Å². The summed E-state index contributed by atoms with van der Waals surface area (Å²) in [5.41, 5.74) is 6.78. The smallest absolute Gasteiger partial charge is 0.212 e. The van der Waals surface area contributed by atoms with Crippen LogP contribution in [0.5, 0.6) is 0 Å². The van der Waals surface area contributed by atoms with Crippen molar-refractivity contribution in [3.05, 3.63) is 84.1 Å². The topological polar surface area (TPSA) is 92.0 Å². The molecule has 8 nitrogen and oxygen atoms in total. The number of pyridine rings is 1. The molecular weight excluding hydrogens is 490 g/mol. The first-order valence-electron chi connectivity index (χ1n) is 12.0. The summed E-state index contributed by atoms with van der Waals surface area (Å²) in [4.78, 5) is 4.57. The van der Waals surface area contributed by atoms with Gasteiger partial charge in [-0.2, -0.15) is 0 Å². The van der Waals surface area contributed by atoms with Crippen LogP contribution in [-0.4, -0.2) is 41.7 Å². The van der Waals surface area contributed by atoms with Gasteiger partial charge in [0, 0.05) is 55.1 Å². The molecule has 0 N–H and O–H groups in total. The zero-order chi connectivity index (χ0) is 26.8. The molecule has 0 aliphatic carbocycles. The van der Waals surface area contributed by atoms with Gasteiger partial charge in [-0.15, -0.1) is 0 Å². The summed E-state index contributed by atoms with van der Waals surface area (Å²) in [5.74, 6) is 0. The van der Waals surface area contributed by atoms with Crippen molar-refractivity contribution < 1.29 is 27.7 Å². The highest BCUT2D eigenvalue weighted by Crippen LogP contribution is 2.55. The highest BCUT2D eigenvalue weighted by molar-refractivity contribution is 7.73. The van der Waals surface area contributed by atoms with Crippen LogP contribution in [0.3, 0.4) is 0 Å². The second kappa shape index (κ2) is 10.7. The van der Waals surface area contributed by atoms with Crippen molar-refractivity contribution in [2.45, 2.75) is 25.0 Å². The fourth-order valence-corrected chi connectivity index (χ4v) is 5.24. The first-order chi connectivity index (χ1) is 17.6. The van der Waals surface area contributed by atoms with Crippen LogP contribution in [0.4, 0.5) is 11.4 Å². The quantitative estimate of drug-likeness (QED) is 0.220. The predicted octanol–water partition coefficient (Wildman–Crippen LogP) is 2.85. The molecule has 0 radical (unpaired) electrons. The van der Waals surface area contributed by atoms with Crippen molar-refractivity contribution in [2.24, 2.45) is 7.05 Å². The third-order valence-electron chi connectivity index (χ3n) is 7.21. The molecule has 3 heterocycles. The van der Waals surface area contributed by atoms with Gasteiger partial charge in [-0.05, 0) is 53.6 Å². The van der Waals surface area contributed by atoms with Crippen molar-refractivity contribution in [1.82, 2.24) is 0 Å². The molecule has 3 aromatic rings. The van der Waals surface area contributed by atoms with Crippen molar-refractivity contribution >= 4 is 28.8 Å². The number of benzene rings is 2. The molecule has 0 bridgehead atoms. The number of hydrogen-bond donors (Lipinski definition) is 0. The van der Waals surface area contributed by atoms with Gasteiger partial charge in [-0.25, -0.2) is 8.78 Å². The van der Waals surface area contributed by atoms with Crippen molar-refractivity contribution in [2.75, 3.05) is 37.0 Å². The third kappa shape index (κ3) is 5.05. The number of anilines is 2. The molecule has 2 unspecified atom stereocenters. The van der Waals surface area contributed by atoms with Gasteiger partial charge in [0.15, 0.2) is 11.9 Å². The van der Waals surface area contributed by atoms with E-state index >= 15 is 0 Å². The molecule has 1 saturated heterocycles.